The van der Waals surface area contributed by atoms with Gasteiger partial charge in [-0.25, -0.2) is 14.6 Å². The molecule has 0 atom stereocenters. The van der Waals surface area contributed by atoms with Crippen LogP contribution in [0, 0.1) is 5.82 Å². The molecule has 22 heavy (non-hydrogen) atoms. The number of thiophene rings is 1. The van der Waals surface area contributed by atoms with Gasteiger partial charge in [0.05, 0.1) is 13.2 Å². The number of ether oxygens (including phenoxy) is 2. The van der Waals surface area contributed by atoms with Gasteiger partial charge in [0.25, 0.3) is 5.91 Å². The molecule has 1 aromatic carbocycles. The van der Waals surface area contributed by atoms with Crippen molar-refractivity contribution in [3.63, 3.8) is 0 Å². The summed E-state index contributed by atoms with van der Waals surface area (Å²) in [6.45, 7) is 1.92. The Balaban J connectivity index is 2.30. The van der Waals surface area contributed by atoms with E-state index in [2.05, 4.69) is 15.6 Å². The summed E-state index contributed by atoms with van der Waals surface area (Å²) in [5, 5.41) is 0.357. The molecular weight excluding hydrogens is 311 g/mol. The van der Waals surface area contributed by atoms with Crippen molar-refractivity contribution < 1.29 is 23.5 Å². The van der Waals surface area contributed by atoms with Crippen molar-refractivity contribution in [2.75, 3.05) is 13.7 Å². The van der Waals surface area contributed by atoms with Gasteiger partial charge in [0.2, 0.25) is 0 Å². The summed E-state index contributed by atoms with van der Waals surface area (Å²) in [7, 11) is 1.46. The highest BCUT2D eigenvalue weighted by Crippen LogP contribution is 2.33. The molecule has 0 aliphatic carbocycles. The van der Waals surface area contributed by atoms with Crippen LogP contribution in [0.15, 0.2) is 18.2 Å². The van der Waals surface area contributed by atoms with E-state index in [1.165, 1.54) is 13.2 Å². The van der Waals surface area contributed by atoms with Crippen LogP contribution in [0.4, 0.5) is 9.18 Å². The molecule has 0 unspecified atom stereocenters. The number of hydrogen-bond donors (Lipinski definition) is 2. The molecule has 2 aromatic rings. The molecule has 0 bridgehead atoms. The highest BCUT2D eigenvalue weighted by Gasteiger charge is 2.21. The van der Waals surface area contributed by atoms with E-state index >= 15 is 0 Å². The lowest BCUT2D eigenvalue weighted by molar-refractivity contribution is 0.0912. The van der Waals surface area contributed by atoms with E-state index in [0.29, 0.717) is 15.6 Å². The van der Waals surface area contributed by atoms with Gasteiger partial charge < -0.3 is 9.47 Å². The molecule has 0 saturated heterocycles. The van der Waals surface area contributed by atoms with E-state index in [0.717, 1.165) is 11.3 Å². The molecule has 0 spiro atoms. The second kappa shape index (κ2) is 7.19. The third kappa shape index (κ3) is 3.34. The first-order valence-corrected chi connectivity index (χ1v) is 7.32. The summed E-state index contributed by atoms with van der Waals surface area (Å²) in [6.07, 6.45) is -0.767. The molecule has 0 radical (unpaired) electrons. The molecule has 8 heteroatoms. The SMILES string of the molecule is CCOC(=O)NNC(=O)c1sc2cccc(F)c2c1COC. The number of nitrogens with one attached hydrogen (secondary N) is 2. The number of hydrazine groups is 1. The van der Waals surface area contributed by atoms with Crippen molar-refractivity contribution in [1.82, 2.24) is 10.9 Å². The van der Waals surface area contributed by atoms with Crippen LogP contribution in [-0.2, 0) is 16.1 Å². The summed E-state index contributed by atoms with van der Waals surface area (Å²) in [5.41, 5.74) is 4.80. The number of fused-ring (bicyclic) bond motifs is 1. The summed E-state index contributed by atoms with van der Waals surface area (Å²) in [5.74, 6) is -0.973. The molecule has 118 valence electrons. The van der Waals surface area contributed by atoms with Crippen molar-refractivity contribution in [3.8, 4) is 0 Å². The number of amides is 2. The minimum absolute atomic E-state index is 0.0864. The van der Waals surface area contributed by atoms with Crippen molar-refractivity contribution in [2.24, 2.45) is 0 Å². The number of benzene rings is 1. The minimum atomic E-state index is -0.767. The van der Waals surface area contributed by atoms with Crippen LogP contribution < -0.4 is 10.9 Å². The van der Waals surface area contributed by atoms with Gasteiger partial charge in [-0.1, -0.05) is 6.07 Å². The molecule has 1 heterocycles. The first-order chi connectivity index (χ1) is 10.6. The monoisotopic (exact) mass is 326 g/mol. The largest absolute Gasteiger partial charge is 0.449 e. The molecule has 2 rings (SSSR count). The maximum absolute atomic E-state index is 14.0. The second-order valence-corrected chi connectivity index (χ2v) is 5.31. The third-order valence-corrected chi connectivity index (χ3v) is 4.01. The Bertz CT molecular complexity index is 701. The molecule has 0 fully saturated rings. The van der Waals surface area contributed by atoms with Gasteiger partial charge in [-0.15, -0.1) is 11.3 Å². The van der Waals surface area contributed by atoms with Crippen LogP contribution in [0.25, 0.3) is 10.1 Å². The normalized spacial score (nSPS) is 10.5. The van der Waals surface area contributed by atoms with Crippen LogP contribution in [0.2, 0.25) is 0 Å². The van der Waals surface area contributed by atoms with E-state index < -0.39 is 17.8 Å². The molecule has 2 amide bonds. The molecular formula is C14H15FN2O4S. The summed E-state index contributed by atoms with van der Waals surface area (Å²) in [6, 6.07) is 4.62. The standard InChI is InChI=1S/C14H15FN2O4S/c1-3-21-14(19)17-16-13(18)12-8(7-20-2)11-9(15)5-4-6-10(11)22-12/h4-6H,3,7H2,1-2H3,(H,16,18)(H,17,19). The first-order valence-electron chi connectivity index (χ1n) is 6.50. The maximum atomic E-state index is 14.0. The van der Waals surface area contributed by atoms with Crippen molar-refractivity contribution in [3.05, 3.63) is 34.5 Å². The molecule has 0 aliphatic rings. The van der Waals surface area contributed by atoms with E-state index in [9.17, 15) is 14.0 Å². The van der Waals surface area contributed by atoms with Crippen LogP contribution >= 0.6 is 11.3 Å². The predicted octanol–water partition coefficient (Wildman–Crippen LogP) is 2.58. The predicted molar refractivity (Wildman–Crippen MR) is 80.1 cm³/mol. The van der Waals surface area contributed by atoms with Gasteiger partial charge in [-0.2, -0.15) is 0 Å². The summed E-state index contributed by atoms with van der Waals surface area (Å²) >= 11 is 1.13. The maximum Gasteiger partial charge on any atom is 0.426 e. The molecule has 0 saturated carbocycles. The Morgan fingerprint density at radius 2 is 2.09 bits per heavy atom. The Hall–Kier alpha value is -2.19. The lowest BCUT2D eigenvalue weighted by Crippen LogP contribution is -2.41. The van der Waals surface area contributed by atoms with Gasteiger partial charge in [0.15, 0.2) is 0 Å². The average Bonchev–Trinajstić information content (AvgIpc) is 2.86. The van der Waals surface area contributed by atoms with Crippen molar-refractivity contribution in [1.29, 1.82) is 0 Å². The van der Waals surface area contributed by atoms with Crippen LogP contribution in [0.3, 0.4) is 0 Å². The quantitative estimate of drug-likeness (QED) is 0.847. The summed E-state index contributed by atoms with van der Waals surface area (Å²) < 4.78 is 24.3. The third-order valence-electron chi connectivity index (χ3n) is 2.81. The van der Waals surface area contributed by atoms with Gasteiger partial charge in [-0.05, 0) is 19.1 Å². The molecule has 2 N–H and O–H groups in total. The smallest absolute Gasteiger partial charge is 0.426 e. The molecule has 6 nitrogen and oxygen atoms in total. The molecule has 0 aliphatic heterocycles. The van der Waals surface area contributed by atoms with Gasteiger partial charge in [-0.3, -0.25) is 10.2 Å². The van der Waals surface area contributed by atoms with Crippen LogP contribution in [0.1, 0.15) is 22.2 Å². The Morgan fingerprint density at radius 1 is 1.32 bits per heavy atom. The Kier molecular flexibility index (Phi) is 5.29. The fraction of sp³-hybridized carbons (Fsp3) is 0.286. The Labute approximate surface area is 130 Å². The zero-order valence-corrected chi connectivity index (χ0v) is 12.9. The van der Waals surface area contributed by atoms with E-state index in [4.69, 9.17) is 4.74 Å². The van der Waals surface area contributed by atoms with Gasteiger partial charge in [0, 0.05) is 22.8 Å². The van der Waals surface area contributed by atoms with Crippen LogP contribution in [-0.4, -0.2) is 25.7 Å². The number of rotatable bonds is 4. The molecule has 1 aromatic heterocycles. The highest BCUT2D eigenvalue weighted by atomic mass is 32.1. The summed E-state index contributed by atoms with van der Waals surface area (Å²) in [4.78, 5) is 23.6. The van der Waals surface area contributed by atoms with Crippen LogP contribution in [0.5, 0.6) is 0 Å². The van der Waals surface area contributed by atoms with Crippen molar-refractivity contribution in [2.45, 2.75) is 13.5 Å². The number of hydrogen-bond acceptors (Lipinski definition) is 5. The lowest BCUT2D eigenvalue weighted by atomic mass is 10.1. The number of methoxy groups -OCH3 is 1. The fourth-order valence-electron chi connectivity index (χ4n) is 1.96. The lowest BCUT2D eigenvalue weighted by Gasteiger charge is -2.07. The van der Waals surface area contributed by atoms with Gasteiger partial charge in [0.1, 0.15) is 10.7 Å². The fourth-order valence-corrected chi connectivity index (χ4v) is 3.08. The van der Waals surface area contributed by atoms with Crippen molar-refractivity contribution >= 4 is 33.4 Å². The first kappa shape index (κ1) is 16.2. The van der Waals surface area contributed by atoms with E-state index in [-0.39, 0.29) is 18.1 Å². The number of halogens is 1. The topological polar surface area (TPSA) is 76.7 Å². The van der Waals surface area contributed by atoms with E-state index in [1.807, 2.05) is 0 Å². The van der Waals surface area contributed by atoms with E-state index in [1.54, 1.807) is 19.1 Å². The number of carbonyl (C=O) groups excluding carboxylic acids is 2. The zero-order chi connectivity index (χ0) is 16.1. The minimum Gasteiger partial charge on any atom is -0.449 e. The average molecular weight is 326 g/mol. The van der Waals surface area contributed by atoms with Gasteiger partial charge >= 0.3 is 6.09 Å². The highest BCUT2D eigenvalue weighted by molar-refractivity contribution is 7.21. The number of carbonyl (C=O) groups is 2. The Morgan fingerprint density at radius 3 is 2.77 bits per heavy atom. The zero-order valence-electron chi connectivity index (χ0n) is 12.1. The second-order valence-electron chi connectivity index (χ2n) is 4.26.